The highest BCUT2D eigenvalue weighted by molar-refractivity contribution is 6.32. The molecule has 4 heteroatoms. The first kappa shape index (κ1) is 15.8. The normalized spacial score (nSPS) is 15.6. The van der Waals surface area contributed by atoms with Crippen LogP contribution in [0.5, 0.6) is 0 Å². The lowest BCUT2D eigenvalue weighted by atomic mass is 9.96. The predicted octanol–water partition coefficient (Wildman–Crippen LogP) is 4.34. The second-order valence-corrected chi connectivity index (χ2v) is 6.27. The summed E-state index contributed by atoms with van der Waals surface area (Å²) in [6.45, 7) is 0.560. The third-order valence-electron chi connectivity index (χ3n) is 4.23. The molecule has 0 bridgehead atoms. The van der Waals surface area contributed by atoms with Gasteiger partial charge in [0.1, 0.15) is 5.82 Å². The molecule has 2 nitrogen and oxygen atoms in total. The van der Waals surface area contributed by atoms with Crippen LogP contribution < -0.4 is 5.32 Å². The fraction of sp³-hybridized carbons (Fsp3) is 0.211. The highest BCUT2D eigenvalue weighted by atomic mass is 35.5. The van der Waals surface area contributed by atoms with Gasteiger partial charge in [0.05, 0.1) is 0 Å². The van der Waals surface area contributed by atoms with Gasteiger partial charge in [0, 0.05) is 23.1 Å². The minimum atomic E-state index is -0.240. The summed E-state index contributed by atoms with van der Waals surface area (Å²) in [5.74, 6) is -0.394. The van der Waals surface area contributed by atoms with Crippen LogP contribution in [0.1, 0.15) is 24.0 Å². The van der Waals surface area contributed by atoms with Gasteiger partial charge in [-0.25, -0.2) is 4.39 Å². The summed E-state index contributed by atoms with van der Waals surface area (Å²) in [6, 6.07) is 13.9. The predicted molar refractivity (Wildman–Crippen MR) is 90.8 cm³/mol. The molecule has 2 aromatic rings. The molecule has 1 aliphatic rings. The summed E-state index contributed by atoms with van der Waals surface area (Å²) < 4.78 is 13.0. The van der Waals surface area contributed by atoms with E-state index in [4.69, 9.17) is 11.6 Å². The Morgan fingerprint density at radius 3 is 2.52 bits per heavy atom. The number of rotatable bonds is 5. The number of amides is 1. The van der Waals surface area contributed by atoms with Gasteiger partial charge < -0.3 is 5.32 Å². The first-order chi connectivity index (χ1) is 11.1. The van der Waals surface area contributed by atoms with Crippen molar-refractivity contribution in [2.45, 2.75) is 18.3 Å². The van der Waals surface area contributed by atoms with Gasteiger partial charge in [-0.15, -0.1) is 0 Å². The van der Waals surface area contributed by atoms with E-state index in [0.717, 1.165) is 24.0 Å². The van der Waals surface area contributed by atoms with Crippen molar-refractivity contribution in [1.29, 1.82) is 0 Å². The molecule has 0 aromatic heterocycles. The third-order valence-corrected chi connectivity index (χ3v) is 4.57. The van der Waals surface area contributed by atoms with Crippen LogP contribution in [0.3, 0.4) is 0 Å². The number of halogens is 2. The molecular weight excluding hydrogens is 313 g/mol. The van der Waals surface area contributed by atoms with E-state index in [-0.39, 0.29) is 17.1 Å². The molecule has 1 amide bonds. The van der Waals surface area contributed by atoms with E-state index in [1.54, 1.807) is 24.3 Å². The van der Waals surface area contributed by atoms with Gasteiger partial charge in [-0.2, -0.15) is 0 Å². The van der Waals surface area contributed by atoms with E-state index in [1.807, 2.05) is 18.2 Å². The zero-order valence-electron chi connectivity index (χ0n) is 12.6. The lowest BCUT2D eigenvalue weighted by molar-refractivity contribution is -0.116. The molecule has 23 heavy (non-hydrogen) atoms. The molecular formula is C19H17ClFNO. The molecule has 1 N–H and O–H groups in total. The minimum Gasteiger partial charge on any atom is -0.352 e. The number of carbonyl (C=O) groups is 1. The maximum absolute atomic E-state index is 13.0. The Morgan fingerprint density at radius 2 is 1.87 bits per heavy atom. The average molecular weight is 330 g/mol. The van der Waals surface area contributed by atoms with Crippen LogP contribution in [0.2, 0.25) is 5.02 Å². The van der Waals surface area contributed by atoms with E-state index < -0.39 is 0 Å². The molecule has 0 radical (unpaired) electrons. The van der Waals surface area contributed by atoms with E-state index in [2.05, 4.69) is 5.32 Å². The molecule has 0 saturated heterocycles. The smallest absolute Gasteiger partial charge is 0.244 e. The standard InChI is InChI=1S/C19H17ClFNO/c20-17-4-2-1-3-14(17)5-10-18(23)22-13-19(11-12-19)15-6-8-16(21)9-7-15/h1-10H,11-13H2,(H,22,23)/b10-5+. The molecule has 118 valence electrons. The number of nitrogens with one attached hydrogen (secondary N) is 1. The summed E-state index contributed by atoms with van der Waals surface area (Å²) >= 11 is 6.05. The molecule has 2 aromatic carbocycles. The van der Waals surface area contributed by atoms with Crippen molar-refractivity contribution in [3.63, 3.8) is 0 Å². The fourth-order valence-electron chi connectivity index (χ4n) is 2.61. The van der Waals surface area contributed by atoms with E-state index in [1.165, 1.54) is 18.2 Å². The second-order valence-electron chi connectivity index (χ2n) is 5.86. The molecule has 0 aliphatic heterocycles. The monoisotopic (exact) mass is 329 g/mol. The highest BCUT2D eigenvalue weighted by Gasteiger charge is 2.44. The van der Waals surface area contributed by atoms with E-state index in [0.29, 0.717) is 11.6 Å². The van der Waals surface area contributed by atoms with Crippen molar-refractivity contribution >= 4 is 23.6 Å². The summed E-state index contributed by atoms with van der Waals surface area (Å²) in [5.41, 5.74) is 1.85. The van der Waals surface area contributed by atoms with Crippen LogP contribution in [-0.4, -0.2) is 12.5 Å². The first-order valence-electron chi connectivity index (χ1n) is 7.56. The van der Waals surface area contributed by atoms with Crippen molar-refractivity contribution < 1.29 is 9.18 Å². The van der Waals surface area contributed by atoms with E-state index >= 15 is 0 Å². The third kappa shape index (κ3) is 3.80. The number of hydrogen-bond donors (Lipinski definition) is 1. The van der Waals surface area contributed by atoms with Crippen LogP contribution in [0, 0.1) is 5.82 Å². The lowest BCUT2D eigenvalue weighted by Crippen LogP contribution is -2.31. The Balaban J connectivity index is 1.59. The zero-order chi connectivity index (χ0) is 16.3. The molecule has 1 aliphatic carbocycles. The fourth-order valence-corrected chi connectivity index (χ4v) is 2.81. The van der Waals surface area contributed by atoms with Gasteiger partial charge in [0.2, 0.25) is 5.91 Å². The Hall–Kier alpha value is -2.13. The van der Waals surface area contributed by atoms with Crippen LogP contribution in [0.4, 0.5) is 4.39 Å². The average Bonchev–Trinajstić information content (AvgIpc) is 3.34. The molecule has 1 saturated carbocycles. The largest absolute Gasteiger partial charge is 0.352 e. The lowest BCUT2D eigenvalue weighted by Gasteiger charge is -2.16. The van der Waals surface area contributed by atoms with E-state index in [9.17, 15) is 9.18 Å². The van der Waals surface area contributed by atoms with Gasteiger partial charge in [-0.05, 0) is 48.2 Å². The van der Waals surface area contributed by atoms with Crippen molar-refractivity contribution in [2.24, 2.45) is 0 Å². The second kappa shape index (κ2) is 6.55. The Morgan fingerprint density at radius 1 is 1.17 bits per heavy atom. The van der Waals surface area contributed by atoms with Crippen molar-refractivity contribution in [1.82, 2.24) is 5.32 Å². The number of benzene rings is 2. The quantitative estimate of drug-likeness (QED) is 0.812. The van der Waals surface area contributed by atoms with Crippen LogP contribution in [0.15, 0.2) is 54.6 Å². The summed E-state index contributed by atoms with van der Waals surface area (Å²) in [5, 5.41) is 3.54. The molecule has 0 atom stereocenters. The Bertz CT molecular complexity index is 735. The van der Waals surface area contributed by atoms with Crippen LogP contribution in [0.25, 0.3) is 6.08 Å². The van der Waals surface area contributed by atoms with Crippen LogP contribution >= 0.6 is 11.6 Å². The summed E-state index contributed by atoms with van der Waals surface area (Å²) in [4.78, 5) is 12.0. The number of carbonyl (C=O) groups excluding carboxylic acids is 1. The van der Waals surface area contributed by atoms with Gasteiger partial charge in [0.15, 0.2) is 0 Å². The van der Waals surface area contributed by atoms with Crippen molar-refractivity contribution in [2.75, 3.05) is 6.54 Å². The SMILES string of the molecule is O=C(/C=C/c1ccccc1Cl)NCC1(c2ccc(F)cc2)CC1. The molecule has 0 spiro atoms. The Labute approximate surface area is 140 Å². The van der Waals surface area contributed by atoms with Gasteiger partial charge in [-0.3, -0.25) is 4.79 Å². The first-order valence-corrected chi connectivity index (χ1v) is 7.93. The summed E-state index contributed by atoms with van der Waals surface area (Å²) in [6.07, 6.45) is 5.21. The highest BCUT2D eigenvalue weighted by Crippen LogP contribution is 2.47. The molecule has 0 heterocycles. The van der Waals surface area contributed by atoms with Gasteiger partial charge >= 0.3 is 0 Å². The Kier molecular flexibility index (Phi) is 4.49. The van der Waals surface area contributed by atoms with Gasteiger partial charge in [-0.1, -0.05) is 41.9 Å². The van der Waals surface area contributed by atoms with Crippen molar-refractivity contribution in [3.8, 4) is 0 Å². The van der Waals surface area contributed by atoms with Crippen LogP contribution in [-0.2, 0) is 10.2 Å². The molecule has 0 unspecified atom stereocenters. The maximum Gasteiger partial charge on any atom is 0.244 e. The number of hydrogen-bond acceptors (Lipinski definition) is 1. The minimum absolute atomic E-state index is 0.0401. The zero-order valence-corrected chi connectivity index (χ0v) is 13.3. The molecule has 1 fully saturated rings. The molecule has 3 rings (SSSR count). The van der Waals surface area contributed by atoms with Gasteiger partial charge in [0.25, 0.3) is 0 Å². The maximum atomic E-state index is 13.0. The summed E-state index contributed by atoms with van der Waals surface area (Å²) in [7, 11) is 0. The van der Waals surface area contributed by atoms with Crippen molar-refractivity contribution in [3.05, 3.63) is 76.6 Å². The topological polar surface area (TPSA) is 29.1 Å².